The molecule has 0 aliphatic carbocycles. The van der Waals surface area contributed by atoms with Crippen LogP contribution in [0.3, 0.4) is 0 Å². The SMILES string of the molecule is COc1ccc2cccnc2c1S(=O)(=O)N(C)C. The van der Waals surface area contributed by atoms with E-state index in [0.29, 0.717) is 11.3 Å². The highest BCUT2D eigenvalue weighted by Gasteiger charge is 2.25. The predicted molar refractivity (Wildman–Crippen MR) is 69.2 cm³/mol. The van der Waals surface area contributed by atoms with Gasteiger partial charge in [-0.05, 0) is 18.2 Å². The Labute approximate surface area is 106 Å². The van der Waals surface area contributed by atoms with Crippen LogP contribution in [0.25, 0.3) is 10.9 Å². The molecule has 2 aromatic rings. The quantitative estimate of drug-likeness (QED) is 0.844. The van der Waals surface area contributed by atoms with Crippen molar-refractivity contribution in [1.82, 2.24) is 9.29 Å². The van der Waals surface area contributed by atoms with E-state index in [9.17, 15) is 8.42 Å². The van der Waals surface area contributed by atoms with Crippen LogP contribution < -0.4 is 4.74 Å². The minimum atomic E-state index is -3.60. The Bertz CT molecular complexity index is 681. The van der Waals surface area contributed by atoms with Crippen LogP contribution in [0.5, 0.6) is 5.75 Å². The average molecular weight is 266 g/mol. The Hall–Kier alpha value is -1.66. The summed E-state index contributed by atoms with van der Waals surface area (Å²) in [6.07, 6.45) is 1.57. The maximum atomic E-state index is 12.3. The van der Waals surface area contributed by atoms with Gasteiger partial charge in [0, 0.05) is 25.7 Å². The van der Waals surface area contributed by atoms with Crippen LogP contribution >= 0.6 is 0 Å². The largest absolute Gasteiger partial charge is 0.495 e. The molecule has 0 fully saturated rings. The Kier molecular flexibility index (Phi) is 3.23. The summed E-state index contributed by atoms with van der Waals surface area (Å²) in [6, 6.07) is 7.01. The highest BCUT2D eigenvalue weighted by atomic mass is 32.2. The lowest BCUT2D eigenvalue weighted by Crippen LogP contribution is -2.23. The lowest BCUT2D eigenvalue weighted by molar-refractivity contribution is 0.401. The zero-order valence-corrected chi connectivity index (χ0v) is 11.2. The molecular weight excluding hydrogens is 252 g/mol. The van der Waals surface area contributed by atoms with Crippen molar-refractivity contribution in [3.63, 3.8) is 0 Å². The Morgan fingerprint density at radius 2 is 1.94 bits per heavy atom. The Morgan fingerprint density at radius 1 is 1.22 bits per heavy atom. The molecule has 0 saturated carbocycles. The number of aromatic nitrogens is 1. The van der Waals surface area contributed by atoms with Gasteiger partial charge >= 0.3 is 0 Å². The molecule has 0 radical (unpaired) electrons. The van der Waals surface area contributed by atoms with Gasteiger partial charge in [-0.2, -0.15) is 0 Å². The van der Waals surface area contributed by atoms with Crippen LogP contribution in [0.15, 0.2) is 35.4 Å². The molecule has 0 saturated heterocycles. The molecule has 1 aromatic carbocycles. The third kappa shape index (κ3) is 1.93. The van der Waals surface area contributed by atoms with E-state index in [1.54, 1.807) is 24.4 Å². The molecule has 0 amide bonds. The molecule has 2 rings (SSSR count). The molecule has 0 N–H and O–H groups in total. The van der Waals surface area contributed by atoms with Crippen molar-refractivity contribution in [3.8, 4) is 5.75 Å². The predicted octanol–water partition coefficient (Wildman–Crippen LogP) is 1.49. The Balaban J connectivity index is 2.90. The van der Waals surface area contributed by atoms with Crippen molar-refractivity contribution in [1.29, 1.82) is 0 Å². The lowest BCUT2D eigenvalue weighted by Gasteiger charge is -2.15. The van der Waals surface area contributed by atoms with Gasteiger partial charge in [0.1, 0.15) is 5.75 Å². The van der Waals surface area contributed by atoms with E-state index in [1.165, 1.54) is 21.2 Å². The number of nitrogens with zero attached hydrogens (tertiary/aromatic N) is 2. The second kappa shape index (κ2) is 4.55. The van der Waals surface area contributed by atoms with E-state index in [-0.39, 0.29) is 4.90 Å². The summed E-state index contributed by atoms with van der Waals surface area (Å²) in [4.78, 5) is 4.26. The molecule has 0 unspecified atom stereocenters. The van der Waals surface area contributed by atoms with Crippen LogP contribution in [0.4, 0.5) is 0 Å². The highest BCUT2D eigenvalue weighted by Crippen LogP contribution is 2.32. The average Bonchev–Trinajstić information content (AvgIpc) is 2.36. The molecule has 0 bridgehead atoms. The van der Waals surface area contributed by atoms with Gasteiger partial charge in [0.2, 0.25) is 10.0 Å². The second-order valence-electron chi connectivity index (χ2n) is 3.96. The first-order valence-electron chi connectivity index (χ1n) is 5.32. The number of fused-ring (bicyclic) bond motifs is 1. The summed E-state index contributed by atoms with van der Waals surface area (Å²) >= 11 is 0. The van der Waals surface area contributed by atoms with Gasteiger partial charge in [-0.1, -0.05) is 6.07 Å². The van der Waals surface area contributed by atoms with E-state index in [1.807, 2.05) is 6.07 Å². The minimum absolute atomic E-state index is 0.105. The summed E-state index contributed by atoms with van der Waals surface area (Å²) < 4.78 is 31.0. The van der Waals surface area contributed by atoms with Gasteiger partial charge < -0.3 is 4.74 Å². The van der Waals surface area contributed by atoms with E-state index in [2.05, 4.69) is 4.98 Å². The van der Waals surface area contributed by atoms with Crippen molar-refractivity contribution in [2.75, 3.05) is 21.2 Å². The van der Waals surface area contributed by atoms with Crippen LogP contribution in [0.1, 0.15) is 0 Å². The number of hydrogen-bond donors (Lipinski definition) is 0. The summed E-state index contributed by atoms with van der Waals surface area (Å²) in [5.41, 5.74) is 0.422. The standard InChI is InChI=1S/C12H14N2O3S/c1-14(2)18(15,16)12-10(17-3)7-6-9-5-4-8-13-11(9)12/h4-8H,1-3H3. The lowest BCUT2D eigenvalue weighted by atomic mass is 10.2. The first-order chi connectivity index (χ1) is 8.48. The number of ether oxygens (including phenoxy) is 1. The summed E-state index contributed by atoms with van der Waals surface area (Å²) in [5.74, 6) is 0.301. The Morgan fingerprint density at radius 3 is 2.56 bits per heavy atom. The van der Waals surface area contributed by atoms with Crippen molar-refractivity contribution in [2.45, 2.75) is 4.90 Å². The number of benzene rings is 1. The molecule has 96 valence electrons. The molecule has 1 heterocycles. The molecule has 0 spiro atoms. The molecule has 0 aliphatic rings. The van der Waals surface area contributed by atoms with Crippen molar-refractivity contribution < 1.29 is 13.2 Å². The molecular formula is C12H14N2O3S. The smallest absolute Gasteiger partial charge is 0.248 e. The molecule has 0 atom stereocenters. The number of rotatable bonds is 3. The fourth-order valence-electron chi connectivity index (χ4n) is 1.69. The number of methoxy groups -OCH3 is 1. The van der Waals surface area contributed by atoms with Crippen molar-refractivity contribution >= 4 is 20.9 Å². The normalized spacial score (nSPS) is 12.0. The number of sulfonamides is 1. The topological polar surface area (TPSA) is 59.5 Å². The molecule has 0 aliphatic heterocycles. The van der Waals surface area contributed by atoms with Gasteiger partial charge in [0.15, 0.2) is 4.90 Å². The number of hydrogen-bond acceptors (Lipinski definition) is 4. The highest BCUT2D eigenvalue weighted by molar-refractivity contribution is 7.89. The zero-order valence-electron chi connectivity index (χ0n) is 10.4. The first kappa shape index (κ1) is 12.8. The van der Waals surface area contributed by atoms with Gasteiger partial charge in [-0.3, -0.25) is 4.98 Å². The molecule has 5 nitrogen and oxygen atoms in total. The van der Waals surface area contributed by atoms with Gasteiger partial charge in [0.05, 0.1) is 12.6 Å². The van der Waals surface area contributed by atoms with Crippen LogP contribution in [0, 0.1) is 0 Å². The van der Waals surface area contributed by atoms with E-state index in [0.717, 1.165) is 9.69 Å². The minimum Gasteiger partial charge on any atom is -0.495 e. The van der Waals surface area contributed by atoms with E-state index in [4.69, 9.17) is 4.74 Å². The van der Waals surface area contributed by atoms with Gasteiger partial charge in [0.25, 0.3) is 0 Å². The fourth-order valence-corrected chi connectivity index (χ4v) is 2.88. The van der Waals surface area contributed by atoms with Crippen molar-refractivity contribution in [2.24, 2.45) is 0 Å². The molecule has 6 heteroatoms. The van der Waals surface area contributed by atoms with Crippen LogP contribution in [-0.4, -0.2) is 38.9 Å². The van der Waals surface area contributed by atoms with Crippen LogP contribution in [0.2, 0.25) is 0 Å². The third-order valence-corrected chi connectivity index (χ3v) is 4.52. The monoisotopic (exact) mass is 266 g/mol. The van der Waals surface area contributed by atoms with Gasteiger partial charge in [-0.15, -0.1) is 0 Å². The maximum absolute atomic E-state index is 12.3. The van der Waals surface area contributed by atoms with E-state index >= 15 is 0 Å². The maximum Gasteiger partial charge on any atom is 0.248 e. The van der Waals surface area contributed by atoms with Crippen molar-refractivity contribution in [3.05, 3.63) is 30.5 Å². The van der Waals surface area contributed by atoms with Crippen LogP contribution in [-0.2, 0) is 10.0 Å². The zero-order chi connectivity index (χ0) is 13.3. The molecule has 1 aromatic heterocycles. The summed E-state index contributed by atoms with van der Waals surface area (Å²) in [7, 11) is 0.808. The summed E-state index contributed by atoms with van der Waals surface area (Å²) in [6.45, 7) is 0. The molecule has 18 heavy (non-hydrogen) atoms. The fraction of sp³-hybridized carbons (Fsp3) is 0.250. The second-order valence-corrected chi connectivity index (χ2v) is 6.05. The van der Waals surface area contributed by atoms with E-state index < -0.39 is 10.0 Å². The van der Waals surface area contributed by atoms with Gasteiger partial charge in [-0.25, -0.2) is 12.7 Å². The number of pyridine rings is 1. The first-order valence-corrected chi connectivity index (χ1v) is 6.76. The third-order valence-electron chi connectivity index (χ3n) is 2.65. The summed E-state index contributed by atoms with van der Waals surface area (Å²) in [5, 5.41) is 0.763.